The van der Waals surface area contributed by atoms with E-state index < -0.39 is 36.3 Å². The predicted octanol–water partition coefficient (Wildman–Crippen LogP) is 2.81. The molecule has 9 nitrogen and oxygen atoms in total. The topological polar surface area (TPSA) is 148 Å². The summed E-state index contributed by atoms with van der Waals surface area (Å²) in [5.74, 6) is -2.13. The molecule has 11 heteroatoms. The van der Waals surface area contributed by atoms with Crippen LogP contribution >= 0.6 is 0 Å². The fourth-order valence-electron chi connectivity index (χ4n) is 4.31. The van der Waals surface area contributed by atoms with Crippen LogP contribution in [0.1, 0.15) is 71.9 Å². The zero-order valence-electron chi connectivity index (χ0n) is 21.3. The number of benzene rings is 2. The number of aliphatic hydroxyl groups excluding tert-OH is 2. The third kappa shape index (κ3) is 8.98. The van der Waals surface area contributed by atoms with Crippen molar-refractivity contribution in [1.29, 1.82) is 5.26 Å². The summed E-state index contributed by atoms with van der Waals surface area (Å²) in [5, 5.41) is 45.7. The van der Waals surface area contributed by atoms with Crippen molar-refractivity contribution in [3.8, 4) is 11.8 Å². The number of carboxylic acid groups (broad SMARTS) is 1. The average Bonchev–Trinajstić information content (AvgIpc) is 3.26. The van der Waals surface area contributed by atoms with Gasteiger partial charge in [0.05, 0.1) is 35.9 Å². The zero-order valence-corrected chi connectivity index (χ0v) is 21.3. The molecule has 1 heterocycles. The van der Waals surface area contributed by atoms with Crippen LogP contribution in [0.2, 0.25) is 0 Å². The van der Waals surface area contributed by atoms with Crippen LogP contribution in [0.25, 0.3) is 5.69 Å². The Morgan fingerprint density at radius 1 is 1.13 bits per heavy atom. The first-order valence-corrected chi connectivity index (χ1v) is 12.3. The molecule has 3 aromatic rings. The van der Waals surface area contributed by atoms with Gasteiger partial charge in [-0.3, -0.25) is 9.59 Å². The molecule has 0 fully saturated rings. The Hall–Kier alpha value is -3.07. The SMILES string of the molecule is CC(C)c1c(C(=O)NCc2cccc(C#N)c2)nn(-c2ccc(F)cc2)c1CC[C@@H](O)C[C@@H](O)CC(=O)O.[NaH]. The van der Waals surface area contributed by atoms with Gasteiger partial charge >= 0.3 is 35.5 Å². The average molecular weight is 547 g/mol. The van der Waals surface area contributed by atoms with Crippen molar-refractivity contribution in [3.63, 3.8) is 0 Å². The molecule has 0 aliphatic rings. The van der Waals surface area contributed by atoms with Gasteiger partial charge in [-0.25, -0.2) is 9.07 Å². The summed E-state index contributed by atoms with van der Waals surface area (Å²) in [6.07, 6.45) is -2.28. The summed E-state index contributed by atoms with van der Waals surface area (Å²) < 4.78 is 15.2. The predicted molar refractivity (Wildman–Crippen MR) is 144 cm³/mol. The molecule has 202 valence electrons. The van der Waals surface area contributed by atoms with Gasteiger partial charge in [0.15, 0.2) is 5.69 Å². The van der Waals surface area contributed by atoms with E-state index in [0.29, 0.717) is 22.5 Å². The second kappa shape index (κ2) is 14.9. The van der Waals surface area contributed by atoms with Crippen LogP contribution in [0.3, 0.4) is 0 Å². The number of amides is 1. The molecule has 39 heavy (non-hydrogen) atoms. The van der Waals surface area contributed by atoms with Gasteiger partial charge in [-0.15, -0.1) is 0 Å². The Kier molecular flexibility index (Phi) is 12.3. The molecule has 0 spiro atoms. The van der Waals surface area contributed by atoms with Gasteiger partial charge in [0, 0.05) is 17.8 Å². The number of hydrogen-bond donors (Lipinski definition) is 4. The first-order chi connectivity index (χ1) is 18.1. The number of nitrogens with one attached hydrogen (secondary N) is 1. The van der Waals surface area contributed by atoms with Gasteiger partial charge in [-0.1, -0.05) is 26.0 Å². The van der Waals surface area contributed by atoms with Crippen LogP contribution in [-0.2, 0) is 17.8 Å². The van der Waals surface area contributed by atoms with E-state index in [0.717, 1.165) is 5.56 Å². The van der Waals surface area contributed by atoms with E-state index in [1.54, 1.807) is 28.9 Å². The molecule has 3 rings (SSSR count). The first kappa shape index (κ1) is 32.1. The molecule has 1 amide bonds. The summed E-state index contributed by atoms with van der Waals surface area (Å²) in [6.45, 7) is 4.01. The van der Waals surface area contributed by atoms with Crippen LogP contribution < -0.4 is 5.32 Å². The first-order valence-electron chi connectivity index (χ1n) is 12.3. The number of rotatable bonds is 12. The Morgan fingerprint density at radius 2 is 1.82 bits per heavy atom. The van der Waals surface area contributed by atoms with Gasteiger partial charge in [-0.05, 0) is 67.1 Å². The molecule has 4 N–H and O–H groups in total. The maximum absolute atomic E-state index is 13.6. The number of nitriles is 1. The molecule has 2 aromatic carbocycles. The fourth-order valence-corrected chi connectivity index (χ4v) is 4.31. The van der Waals surface area contributed by atoms with Crippen molar-refractivity contribution in [2.75, 3.05) is 0 Å². The van der Waals surface area contributed by atoms with Gasteiger partial charge in [0.1, 0.15) is 5.82 Å². The Morgan fingerprint density at radius 3 is 2.44 bits per heavy atom. The van der Waals surface area contributed by atoms with Crippen molar-refractivity contribution >= 4 is 41.4 Å². The van der Waals surface area contributed by atoms with Crippen molar-refractivity contribution in [1.82, 2.24) is 15.1 Å². The summed E-state index contributed by atoms with van der Waals surface area (Å²) >= 11 is 0. The van der Waals surface area contributed by atoms with Crippen molar-refractivity contribution in [3.05, 3.63) is 82.4 Å². The number of hydrogen-bond acceptors (Lipinski definition) is 6. The molecule has 0 saturated heterocycles. The van der Waals surface area contributed by atoms with Crippen molar-refractivity contribution < 1.29 is 29.3 Å². The van der Waals surface area contributed by atoms with Crippen molar-refractivity contribution in [2.45, 2.75) is 64.2 Å². The molecule has 0 radical (unpaired) electrons. The summed E-state index contributed by atoms with van der Waals surface area (Å²) in [4.78, 5) is 24.1. The number of aliphatic hydroxyl groups is 2. The monoisotopic (exact) mass is 546 g/mol. The Bertz CT molecular complexity index is 1320. The summed E-state index contributed by atoms with van der Waals surface area (Å²) in [6, 6.07) is 14.6. The van der Waals surface area contributed by atoms with Crippen molar-refractivity contribution in [2.24, 2.45) is 0 Å². The minimum absolute atomic E-state index is 0. The fraction of sp³-hybridized carbons (Fsp3) is 0.357. The quantitative estimate of drug-likeness (QED) is 0.255. The van der Waals surface area contributed by atoms with E-state index in [-0.39, 0.29) is 67.0 Å². The standard InChI is InChI=1S/C28H31FN4O5.Na.H/c1-17(2)26-24(11-10-22(34)13-23(35)14-25(36)37)33(21-8-6-20(29)7-9-21)32-27(26)28(38)31-16-19-5-3-4-18(12-19)15-30;;/h3-9,12,17,22-23,34-35H,10-11,13-14,16H2,1-2H3,(H,31,38)(H,36,37);;/t22-,23-;;/m1../s1. The number of nitrogens with zero attached hydrogens (tertiary/aromatic N) is 3. The van der Waals surface area contributed by atoms with Gasteiger partial charge in [-0.2, -0.15) is 10.4 Å². The van der Waals surface area contributed by atoms with Crippen LogP contribution in [0, 0.1) is 17.1 Å². The molecule has 0 aliphatic carbocycles. The summed E-state index contributed by atoms with van der Waals surface area (Å²) in [5.41, 5.74) is 3.27. The molecule has 0 bridgehead atoms. The number of aliphatic carboxylic acids is 1. The van der Waals surface area contributed by atoms with E-state index in [1.807, 2.05) is 13.8 Å². The molecular weight excluding hydrogens is 514 g/mol. The van der Waals surface area contributed by atoms with E-state index in [4.69, 9.17) is 10.4 Å². The van der Waals surface area contributed by atoms with Crippen LogP contribution in [-0.4, -0.2) is 78.7 Å². The molecule has 1 aromatic heterocycles. The second-order valence-electron chi connectivity index (χ2n) is 9.43. The Balaban J connectivity index is 0.00000533. The number of carbonyl (C=O) groups excluding carboxylic acids is 1. The van der Waals surface area contributed by atoms with Gasteiger partial charge in [0.25, 0.3) is 5.91 Å². The third-order valence-electron chi connectivity index (χ3n) is 6.06. The van der Waals surface area contributed by atoms with Gasteiger partial charge < -0.3 is 20.6 Å². The Labute approximate surface area is 248 Å². The number of halogens is 1. The number of carboxylic acids is 1. The zero-order chi connectivity index (χ0) is 27.8. The number of aromatic nitrogens is 2. The van der Waals surface area contributed by atoms with E-state index in [1.165, 1.54) is 24.3 Å². The molecule has 0 saturated carbocycles. The molecule has 0 unspecified atom stereocenters. The summed E-state index contributed by atoms with van der Waals surface area (Å²) in [7, 11) is 0. The van der Waals surface area contributed by atoms with Crippen LogP contribution in [0.5, 0.6) is 0 Å². The number of carbonyl (C=O) groups is 2. The molecule has 2 atom stereocenters. The molecule has 0 aliphatic heterocycles. The molecular formula is C28H32FN4NaO5. The van der Waals surface area contributed by atoms with E-state index in [2.05, 4.69) is 16.5 Å². The third-order valence-corrected chi connectivity index (χ3v) is 6.06. The minimum atomic E-state index is -1.19. The van der Waals surface area contributed by atoms with E-state index in [9.17, 15) is 24.2 Å². The van der Waals surface area contributed by atoms with Crippen LogP contribution in [0.15, 0.2) is 48.5 Å². The normalized spacial score (nSPS) is 12.3. The van der Waals surface area contributed by atoms with Crippen LogP contribution in [0.4, 0.5) is 4.39 Å². The van der Waals surface area contributed by atoms with Gasteiger partial charge in [0.2, 0.25) is 0 Å². The second-order valence-corrected chi connectivity index (χ2v) is 9.43. The maximum atomic E-state index is 13.6. The van der Waals surface area contributed by atoms with E-state index >= 15 is 0 Å².